The molecule has 1 aliphatic heterocycles. The van der Waals surface area contributed by atoms with E-state index in [2.05, 4.69) is 16.0 Å². The van der Waals surface area contributed by atoms with E-state index in [9.17, 15) is 4.79 Å². The minimum atomic E-state index is -0.0760. The monoisotopic (exact) mass is 311 g/mol. The van der Waals surface area contributed by atoms with Crippen LogP contribution in [0.15, 0.2) is 46.3 Å². The van der Waals surface area contributed by atoms with E-state index in [0.29, 0.717) is 35.6 Å². The second-order valence-corrected chi connectivity index (χ2v) is 5.86. The van der Waals surface area contributed by atoms with Crippen LogP contribution >= 0.6 is 11.8 Å². The number of ether oxygens (including phenoxy) is 1. The molecule has 0 radical (unpaired) electrons. The maximum Gasteiger partial charge on any atom is 0.216 e. The van der Waals surface area contributed by atoms with Crippen LogP contribution in [0, 0.1) is 0 Å². The first-order valence-electron chi connectivity index (χ1n) is 6.95. The summed E-state index contributed by atoms with van der Waals surface area (Å²) in [7, 11) is 0. The summed E-state index contributed by atoms with van der Waals surface area (Å²) in [6, 6.07) is 8.08. The van der Waals surface area contributed by atoms with Crippen molar-refractivity contribution in [3.8, 4) is 11.6 Å². The van der Waals surface area contributed by atoms with Gasteiger partial charge in [-0.1, -0.05) is 6.07 Å². The Morgan fingerprint density at radius 2 is 2.14 bits per heavy atom. The summed E-state index contributed by atoms with van der Waals surface area (Å²) < 4.78 is 7.63. The van der Waals surface area contributed by atoms with Gasteiger partial charge in [0.05, 0.1) is 17.9 Å². The van der Waals surface area contributed by atoms with E-state index in [0.717, 1.165) is 10.6 Å². The van der Waals surface area contributed by atoms with Crippen molar-refractivity contribution in [3.05, 3.63) is 52.4 Å². The van der Waals surface area contributed by atoms with Gasteiger partial charge in [-0.2, -0.15) is 0 Å². The Kier molecular flexibility index (Phi) is 3.11. The third-order valence-electron chi connectivity index (χ3n) is 3.74. The fourth-order valence-electron chi connectivity index (χ4n) is 2.74. The molecule has 1 aliphatic rings. The normalized spacial score (nSPS) is 13.1. The van der Waals surface area contributed by atoms with E-state index >= 15 is 0 Å². The van der Waals surface area contributed by atoms with Crippen molar-refractivity contribution in [2.75, 3.05) is 12.9 Å². The molecule has 0 N–H and O–H groups in total. The van der Waals surface area contributed by atoms with Gasteiger partial charge in [0.1, 0.15) is 0 Å². The minimum Gasteiger partial charge on any atom is -0.478 e. The first-order chi connectivity index (χ1) is 10.8. The molecule has 0 aliphatic carbocycles. The fourth-order valence-corrected chi connectivity index (χ4v) is 3.19. The van der Waals surface area contributed by atoms with Crippen LogP contribution in [-0.4, -0.2) is 27.4 Å². The molecule has 0 spiro atoms. The SMILES string of the molecule is CSc1cccc(-n2c3c(c(=O)c4nccnc42)CCO3)c1. The lowest BCUT2D eigenvalue weighted by atomic mass is 10.2. The maximum absolute atomic E-state index is 12.5. The summed E-state index contributed by atoms with van der Waals surface area (Å²) in [5, 5.41) is 0. The molecule has 110 valence electrons. The van der Waals surface area contributed by atoms with E-state index in [4.69, 9.17) is 4.74 Å². The average molecular weight is 311 g/mol. The summed E-state index contributed by atoms with van der Waals surface area (Å²) in [4.78, 5) is 22.3. The topological polar surface area (TPSA) is 57.0 Å². The smallest absolute Gasteiger partial charge is 0.216 e. The summed E-state index contributed by atoms with van der Waals surface area (Å²) >= 11 is 1.67. The van der Waals surface area contributed by atoms with Gasteiger partial charge in [-0.05, 0) is 24.5 Å². The van der Waals surface area contributed by atoms with Gasteiger partial charge in [0, 0.05) is 23.7 Å². The predicted octanol–water partition coefficient (Wildman–Crippen LogP) is 2.44. The van der Waals surface area contributed by atoms with Crippen LogP contribution in [0.3, 0.4) is 0 Å². The highest BCUT2D eigenvalue weighted by atomic mass is 32.2. The van der Waals surface area contributed by atoms with Crippen LogP contribution in [0.5, 0.6) is 5.88 Å². The lowest BCUT2D eigenvalue weighted by Crippen LogP contribution is -2.15. The lowest BCUT2D eigenvalue weighted by Gasteiger charge is -2.15. The van der Waals surface area contributed by atoms with Crippen LogP contribution in [0.2, 0.25) is 0 Å². The number of hydrogen-bond donors (Lipinski definition) is 0. The van der Waals surface area contributed by atoms with Crippen LogP contribution in [0.4, 0.5) is 0 Å². The fraction of sp³-hybridized carbons (Fsp3) is 0.188. The number of benzene rings is 1. The Hall–Kier alpha value is -2.34. The quantitative estimate of drug-likeness (QED) is 0.680. The van der Waals surface area contributed by atoms with Gasteiger partial charge in [-0.15, -0.1) is 11.8 Å². The molecule has 0 unspecified atom stereocenters. The first kappa shape index (κ1) is 13.3. The molecule has 2 aromatic heterocycles. The van der Waals surface area contributed by atoms with Crippen molar-refractivity contribution in [1.29, 1.82) is 0 Å². The Morgan fingerprint density at radius 3 is 3.00 bits per heavy atom. The van der Waals surface area contributed by atoms with Gasteiger partial charge in [-0.3, -0.25) is 9.36 Å². The zero-order chi connectivity index (χ0) is 15.1. The number of hydrogen-bond acceptors (Lipinski definition) is 5. The van der Waals surface area contributed by atoms with Crippen LogP contribution in [-0.2, 0) is 6.42 Å². The highest BCUT2D eigenvalue weighted by molar-refractivity contribution is 7.98. The molecule has 0 bridgehead atoms. The summed E-state index contributed by atoms with van der Waals surface area (Å²) in [6.45, 7) is 0.517. The van der Waals surface area contributed by atoms with Gasteiger partial charge in [0.15, 0.2) is 11.2 Å². The molecule has 0 amide bonds. The van der Waals surface area contributed by atoms with Crippen molar-refractivity contribution in [2.24, 2.45) is 0 Å². The number of aromatic nitrogens is 3. The highest BCUT2D eigenvalue weighted by Crippen LogP contribution is 2.30. The molecular weight excluding hydrogens is 298 g/mol. The highest BCUT2D eigenvalue weighted by Gasteiger charge is 2.24. The third kappa shape index (κ3) is 1.91. The largest absolute Gasteiger partial charge is 0.478 e. The van der Waals surface area contributed by atoms with E-state index in [-0.39, 0.29) is 5.43 Å². The first-order valence-corrected chi connectivity index (χ1v) is 8.18. The zero-order valence-electron chi connectivity index (χ0n) is 11.9. The molecule has 0 saturated heterocycles. The zero-order valence-corrected chi connectivity index (χ0v) is 12.8. The van der Waals surface area contributed by atoms with Gasteiger partial charge < -0.3 is 4.74 Å². The number of nitrogens with zero attached hydrogens (tertiary/aromatic N) is 3. The standard InChI is InChI=1S/C16H13N3O2S/c1-22-11-4-2-3-10(9-11)19-15-13(17-6-7-18-15)14(20)12-5-8-21-16(12)19/h2-4,6-7,9H,5,8H2,1H3. The molecule has 0 saturated carbocycles. The minimum absolute atomic E-state index is 0.0760. The molecule has 1 aromatic carbocycles. The van der Waals surface area contributed by atoms with Crippen molar-refractivity contribution in [1.82, 2.24) is 14.5 Å². The van der Waals surface area contributed by atoms with Crippen molar-refractivity contribution >= 4 is 22.9 Å². The van der Waals surface area contributed by atoms with Gasteiger partial charge >= 0.3 is 0 Å². The number of rotatable bonds is 2. The van der Waals surface area contributed by atoms with Gasteiger partial charge in [0.25, 0.3) is 0 Å². The molecule has 4 rings (SSSR count). The summed E-state index contributed by atoms with van der Waals surface area (Å²) in [5.74, 6) is 0.594. The van der Waals surface area contributed by atoms with Gasteiger partial charge in [0.2, 0.25) is 11.3 Å². The van der Waals surface area contributed by atoms with E-state index in [1.807, 2.05) is 29.0 Å². The number of thioether (sulfide) groups is 1. The lowest BCUT2D eigenvalue weighted by molar-refractivity contribution is 0.338. The van der Waals surface area contributed by atoms with E-state index < -0.39 is 0 Å². The second-order valence-electron chi connectivity index (χ2n) is 4.98. The molecule has 3 aromatic rings. The Bertz CT molecular complexity index is 936. The molecule has 5 nitrogen and oxygen atoms in total. The van der Waals surface area contributed by atoms with E-state index in [1.54, 1.807) is 24.2 Å². The van der Waals surface area contributed by atoms with Crippen molar-refractivity contribution < 1.29 is 4.74 Å². The Balaban J connectivity index is 2.13. The number of fused-ring (bicyclic) bond motifs is 2. The molecule has 22 heavy (non-hydrogen) atoms. The van der Waals surface area contributed by atoms with Crippen molar-refractivity contribution in [3.63, 3.8) is 0 Å². The molecule has 0 atom stereocenters. The average Bonchev–Trinajstić information content (AvgIpc) is 3.05. The predicted molar refractivity (Wildman–Crippen MR) is 86.1 cm³/mol. The number of pyridine rings is 1. The summed E-state index contributed by atoms with van der Waals surface area (Å²) in [5.41, 5.74) is 2.46. The Morgan fingerprint density at radius 1 is 1.27 bits per heavy atom. The summed E-state index contributed by atoms with van der Waals surface area (Å²) in [6.07, 6.45) is 5.79. The van der Waals surface area contributed by atoms with Crippen molar-refractivity contribution in [2.45, 2.75) is 11.3 Å². The molecule has 0 fully saturated rings. The second kappa shape index (κ2) is 5.14. The molecular formula is C16H13N3O2S. The molecule has 6 heteroatoms. The third-order valence-corrected chi connectivity index (χ3v) is 4.47. The van der Waals surface area contributed by atoms with Gasteiger partial charge in [-0.25, -0.2) is 9.97 Å². The van der Waals surface area contributed by atoms with Crippen LogP contribution < -0.4 is 10.2 Å². The Labute approximate surface area is 131 Å². The van der Waals surface area contributed by atoms with E-state index in [1.165, 1.54) is 0 Å². The van der Waals surface area contributed by atoms with Crippen LogP contribution in [0.25, 0.3) is 16.9 Å². The van der Waals surface area contributed by atoms with Crippen LogP contribution in [0.1, 0.15) is 5.56 Å². The maximum atomic E-state index is 12.5. The molecule has 3 heterocycles.